The Bertz CT molecular complexity index is 326. The zero-order valence-corrected chi connectivity index (χ0v) is 12.2. The van der Waals surface area contributed by atoms with Gasteiger partial charge in [-0.05, 0) is 25.7 Å². The summed E-state index contributed by atoms with van der Waals surface area (Å²) in [5.74, 6) is 0.383. The van der Waals surface area contributed by atoms with Crippen molar-refractivity contribution in [3.8, 4) is 0 Å². The van der Waals surface area contributed by atoms with Crippen LogP contribution in [0.3, 0.4) is 0 Å². The van der Waals surface area contributed by atoms with Crippen LogP contribution in [0.5, 0.6) is 0 Å². The number of sulfonamides is 1. The molecule has 1 rings (SSSR count). The summed E-state index contributed by atoms with van der Waals surface area (Å²) in [6, 6.07) is -0.130. The summed E-state index contributed by atoms with van der Waals surface area (Å²) in [6.45, 7) is 2.22. The highest BCUT2D eigenvalue weighted by Crippen LogP contribution is 2.26. The van der Waals surface area contributed by atoms with E-state index in [-0.39, 0.29) is 12.6 Å². The predicted octanol–water partition coefficient (Wildman–Crippen LogP) is 0.848. The van der Waals surface area contributed by atoms with E-state index < -0.39 is 15.3 Å². The van der Waals surface area contributed by atoms with E-state index in [0.29, 0.717) is 12.5 Å². The molecule has 6 heteroatoms. The zero-order valence-electron chi connectivity index (χ0n) is 11.4. The molecule has 0 heterocycles. The van der Waals surface area contributed by atoms with Gasteiger partial charge < -0.3 is 10.5 Å². The molecule has 1 aliphatic rings. The van der Waals surface area contributed by atoms with E-state index in [9.17, 15) is 8.42 Å². The van der Waals surface area contributed by atoms with Crippen molar-refractivity contribution in [2.75, 3.05) is 20.3 Å². The highest BCUT2D eigenvalue weighted by atomic mass is 32.2. The number of hydrogen-bond donors (Lipinski definition) is 2. The van der Waals surface area contributed by atoms with Gasteiger partial charge >= 0.3 is 0 Å². The maximum atomic E-state index is 12.1. The Morgan fingerprint density at radius 1 is 1.33 bits per heavy atom. The second-order valence-corrected chi connectivity index (χ2v) is 7.30. The van der Waals surface area contributed by atoms with Crippen LogP contribution < -0.4 is 10.5 Å². The smallest absolute Gasteiger partial charge is 0.216 e. The summed E-state index contributed by atoms with van der Waals surface area (Å²) >= 11 is 0. The summed E-state index contributed by atoms with van der Waals surface area (Å²) in [4.78, 5) is 0. The maximum Gasteiger partial charge on any atom is 0.216 e. The van der Waals surface area contributed by atoms with Gasteiger partial charge in [0.1, 0.15) is 0 Å². The van der Waals surface area contributed by atoms with Crippen LogP contribution in [-0.4, -0.2) is 40.0 Å². The van der Waals surface area contributed by atoms with Crippen molar-refractivity contribution in [2.45, 2.75) is 50.3 Å². The minimum absolute atomic E-state index is 0.130. The number of hydrogen-bond acceptors (Lipinski definition) is 4. The normalized spacial score (nSPS) is 21.7. The Morgan fingerprint density at radius 2 is 1.94 bits per heavy atom. The molecule has 5 nitrogen and oxygen atoms in total. The Kier molecular flexibility index (Phi) is 6.55. The number of nitrogens with one attached hydrogen (secondary N) is 1. The van der Waals surface area contributed by atoms with Gasteiger partial charge in [-0.1, -0.05) is 19.3 Å². The lowest BCUT2D eigenvalue weighted by atomic mass is 9.84. The summed E-state index contributed by atoms with van der Waals surface area (Å²) in [5.41, 5.74) is 5.73. The fraction of sp³-hybridized carbons (Fsp3) is 1.00. The molecule has 0 bridgehead atoms. The number of ether oxygens (including phenoxy) is 1. The first kappa shape index (κ1) is 15.9. The van der Waals surface area contributed by atoms with Crippen LogP contribution in [0, 0.1) is 5.92 Å². The Morgan fingerprint density at radius 3 is 2.44 bits per heavy atom. The third-order valence-corrected chi connectivity index (χ3v) is 5.55. The van der Waals surface area contributed by atoms with Crippen LogP contribution in [0.1, 0.15) is 39.0 Å². The van der Waals surface area contributed by atoms with Crippen LogP contribution in [-0.2, 0) is 14.8 Å². The molecule has 18 heavy (non-hydrogen) atoms. The molecule has 108 valence electrons. The van der Waals surface area contributed by atoms with Crippen molar-refractivity contribution in [3.05, 3.63) is 0 Å². The molecule has 0 aromatic carbocycles. The quantitative estimate of drug-likeness (QED) is 0.723. The van der Waals surface area contributed by atoms with Gasteiger partial charge in [0, 0.05) is 19.7 Å². The molecule has 1 saturated carbocycles. The molecule has 0 saturated heterocycles. The summed E-state index contributed by atoms with van der Waals surface area (Å²) < 4.78 is 31.8. The van der Waals surface area contributed by atoms with E-state index in [0.717, 1.165) is 12.8 Å². The van der Waals surface area contributed by atoms with E-state index in [1.54, 1.807) is 6.92 Å². The summed E-state index contributed by atoms with van der Waals surface area (Å²) in [7, 11) is -1.83. The third-order valence-electron chi connectivity index (χ3n) is 3.72. The monoisotopic (exact) mass is 278 g/mol. The molecule has 0 aromatic heterocycles. The van der Waals surface area contributed by atoms with Gasteiger partial charge in [-0.3, -0.25) is 0 Å². The standard InChI is InChI=1S/C12H26N2O3S/c1-10(9-17-2)18(15,16)14-12(8-13)11-6-4-3-5-7-11/h10-12,14H,3-9,13H2,1-2H3. The van der Waals surface area contributed by atoms with Crippen LogP contribution in [0.2, 0.25) is 0 Å². The third kappa shape index (κ3) is 4.50. The molecular weight excluding hydrogens is 252 g/mol. The predicted molar refractivity (Wildman–Crippen MR) is 72.8 cm³/mol. The highest BCUT2D eigenvalue weighted by molar-refractivity contribution is 7.90. The van der Waals surface area contributed by atoms with E-state index >= 15 is 0 Å². The number of methoxy groups -OCH3 is 1. The van der Waals surface area contributed by atoms with Gasteiger partial charge in [-0.2, -0.15) is 0 Å². The van der Waals surface area contributed by atoms with Crippen molar-refractivity contribution < 1.29 is 13.2 Å². The number of nitrogens with two attached hydrogens (primary N) is 1. The Labute approximate surface area is 111 Å². The second kappa shape index (κ2) is 7.43. The first-order valence-corrected chi connectivity index (χ1v) is 8.26. The van der Waals surface area contributed by atoms with Crippen molar-refractivity contribution in [3.63, 3.8) is 0 Å². The average Bonchev–Trinajstić information content (AvgIpc) is 2.37. The van der Waals surface area contributed by atoms with E-state index in [4.69, 9.17) is 10.5 Å². The first-order valence-electron chi connectivity index (χ1n) is 6.71. The maximum absolute atomic E-state index is 12.1. The van der Waals surface area contributed by atoms with Crippen LogP contribution >= 0.6 is 0 Å². The molecule has 2 atom stereocenters. The second-order valence-electron chi connectivity index (χ2n) is 5.17. The van der Waals surface area contributed by atoms with Crippen LogP contribution in [0.4, 0.5) is 0 Å². The first-order chi connectivity index (χ1) is 8.51. The van der Waals surface area contributed by atoms with Gasteiger partial charge in [-0.25, -0.2) is 13.1 Å². The topological polar surface area (TPSA) is 81.4 Å². The molecule has 0 spiro atoms. The minimum atomic E-state index is -3.34. The van der Waals surface area contributed by atoms with Crippen LogP contribution in [0.15, 0.2) is 0 Å². The van der Waals surface area contributed by atoms with Gasteiger partial charge in [0.15, 0.2) is 0 Å². The van der Waals surface area contributed by atoms with E-state index in [1.165, 1.54) is 26.4 Å². The Balaban J connectivity index is 2.61. The Hall–Kier alpha value is -0.170. The minimum Gasteiger partial charge on any atom is -0.383 e. The lowest BCUT2D eigenvalue weighted by Crippen LogP contribution is -2.49. The van der Waals surface area contributed by atoms with Crippen molar-refractivity contribution in [1.29, 1.82) is 0 Å². The van der Waals surface area contributed by atoms with E-state index in [2.05, 4.69) is 4.72 Å². The molecule has 0 radical (unpaired) electrons. The lowest BCUT2D eigenvalue weighted by molar-refractivity contribution is 0.199. The summed E-state index contributed by atoms with van der Waals surface area (Å²) in [5, 5.41) is -0.542. The molecule has 2 unspecified atom stereocenters. The molecule has 3 N–H and O–H groups in total. The van der Waals surface area contributed by atoms with Crippen LogP contribution in [0.25, 0.3) is 0 Å². The fourth-order valence-corrected chi connectivity index (χ4v) is 3.78. The molecule has 0 aromatic rings. The largest absolute Gasteiger partial charge is 0.383 e. The lowest BCUT2D eigenvalue weighted by Gasteiger charge is -2.30. The number of rotatable bonds is 7. The van der Waals surface area contributed by atoms with Gasteiger partial charge in [0.25, 0.3) is 0 Å². The van der Waals surface area contributed by atoms with E-state index in [1.807, 2.05) is 0 Å². The molecular formula is C12H26N2O3S. The summed E-state index contributed by atoms with van der Waals surface area (Å²) in [6.07, 6.45) is 5.75. The molecule has 0 amide bonds. The van der Waals surface area contributed by atoms with Crippen molar-refractivity contribution in [1.82, 2.24) is 4.72 Å². The average molecular weight is 278 g/mol. The highest BCUT2D eigenvalue weighted by Gasteiger charge is 2.29. The molecule has 1 fully saturated rings. The van der Waals surface area contributed by atoms with Gasteiger partial charge in [0.05, 0.1) is 11.9 Å². The fourth-order valence-electron chi connectivity index (χ4n) is 2.52. The molecule has 0 aliphatic heterocycles. The van der Waals surface area contributed by atoms with Gasteiger partial charge in [0.2, 0.25) is 10.0 Å². The van der Waals surface area contributed by atoms with Gasteiger partial charge in [-0.15, -0.1) is 0 Å². The van der Waals surface area contributed by atoms with Crippen molar-refractivity contribution in [2.24, 2.45) is 11.7 Å². The molecule has 1 aliphatic carbocycles. The SMILES string of the molecule is COCC(C)S(=O)(=O)NC(CN)C1CCCCC1. The van der Waals surface area contributed by atoms with Crippen molar-refractivity contribution >= 4 is 10.0 Å². The zero-order chi connectivity index (χ0) is 13.6.